The van der Waals surface area contributed by atoms with Crippen molar-refractivity contribution in [1.29, 1.82) is 0 Å². The number of carbonyl (C=O) groups is 2. The van der Waals surface area contributed by atoms with Gasteiger partial charge in [-0.05, 0) is 44.2 Å². The molecule has 0 aliphatic carbocycles. The molecule has 0 aliphatic heterocycles. The highest BCUT2D eigenvalue weighted by atomic mass is 16.5. The highest BCUT2D eigenvalue weighted by molar-refractivity contribution is 6.04. The quantitative estimate of drug-likeness (QED) is 0.682. The van der Waals surface area contributed by atoms with Crippen LogP contribution in [0, 0.1) is 11.3 Å². The molecule has 0 aliphatic rings. The summed E-state index contributed by atoms with van der Waals surface area (Å²) in [5.41, 5.74) is -0.0583. The summed E-state index contributed by atoms with van der Waals surface area (Å²) in [6.07, 6.45) is 1.55. The zero-order valence-electron chi connectivity index (χ0n) is 15.4. The van der Waals surface area contributed by atoms with Crippen molar-refractivity contribution in [3.8, 4) is 5.75 Å². The Bertz CT molecular complexity index is 553. The predicted octanol–water partition coefficient (Wildman–Crippen LogP) is 2.54. The van der Waals surface area contributed by atoms with Gasteiger partial charge >= 0.3 is 0 Å². The SMILES string of the molecule is COc1ccccc1CCNC(=O)C(C)(C)C(=O)NCCC(C)C. The molecule has 0 unspecified atom stereocenters. The maximum atomic E-state index is 12.3. The predicted molar refractivity (Wildman–Crippen MR) is 96.0 cm³/mol. The van der Waals surface area contributed by atoms with Gasteiger partial charge in [0.25, 0.3) is 0 Å². The topological polar surface area (TPSA) is 67.4 Å². The molecule has 0 fully saturated rings. The fraction of sp³-hybridized carbons (Fsp3) is 0.579. The van der Waals surface area contributed by atoms with Crippen LogP contribution in [0.3, 0.4) is 0 Å². The molecule has 0 atom stereocenters. The van der Waals surface area contributed by atoms with Gasteiger partial charge in [-0.15, -0.1) is 0 Å². The van der Waals surface area contributed by atoms with Gasteiger partial charge < -0.3 is 15.4 Å². The van der Waals surface area contributed by atoms with E-state index in [1.54, 1.807) is 21.0 Å². The summed E-state index contributed by atoms with van der Waals surface area (Å²) >= 11 is 0. The van der Waals surface area contributed by atoms with Gasteiger partial charge in [-0.1, -0.05) is 32.0 Å². The van der Waals surface area contributed by atoms with E-state index >= 15 is 0 Å². The van der Waals surface area contributed by atoms with Crippen molar-refractivity contribution >= 4 is 11.8 Å². The smallest absolute Gasteiger partial charge is 0.235 e. The number of benzene rings is 1. The van der Waals surface area contributed by atoms with Gasteiger partial charge in [0.2, 0.25) is 11.8 Å². The molecule has 0 saturated heterocycles. The van der Waals surface area contributed by atoms with Crippen molar-refractivity contribution in [2.24, 2.45) is 11.3 Å². The van der Waals surface area contributed by atoms with E-state index in [9.17, 15) is 9.59 Å². The van der Waals surface area contributed by atoms with E-state index < -0.39 is 5.41 Å². The number of hydrogen-bond donors (Lipinski definition) is 2. The van der Waals surface area contributed by atoms with Gasteiger partial charge in [0.05, 0.1) is 7.11 Å². The van der Waals surface area contributed by atoms with Crippen LogP contribution in [0.2, 0.25) is 0 Å². The molecule has 0 aromatic heterocycles. The summed E-state index contributed by atoms with van der Waals surface area (Å²) in [6, 6.07) is 7.70. The normalized spacial score (nSPS) is 11.2. The maximum Gasteiger partial charge on any atom is 0.235 e. The van der Waals surface area contributed by atoms with Gasteiger partial charge in [0.1, 0.15) is 11.2 Å². The fourth-order valence-corrected chi connectivity index (χ4v) is 2.24. The number of rotatable bonds is 9. The lowest BCUT2D eigenvalue weighted by atomic mass is 9.91. The second kappa shape index (κ2) is 9.30. The lowest BCUT2D eigenvalue weighted by molar-refractivity contribution is -0.141. The second-order valence-corrected chi connectivity index (χ2v) is 6.88. The molecule has 1 rings (SSSR count). The van der Waals surface area contributed by atoms with E-state index in [1.165, 1.54) is 0 Å². The van der Waals surface area contributed by atoms with Crippen molar-refractivity contribution < 1.29 is 14.3 Å². The summed E-state index contributed by atoms with van der Waals surface area (Å²) in [5.74, 6) is 0.818. The van der Waals surface area contributed by atoms with Crippen LogP contribution in [-0.4, -0.2) is 32.0 Å². The van der Waals surface area contributed by atoms with Crippen LogP contribution in [-0.2, 0) is 16.0 Å². The molecule has 0 radical (unpaired) electrons. The molecule has 0 bridgehead atoms. The Balaban J connectivity index is 2.49. The van der Waals surface area contributed by atoms with Gasteiger partial charge in [-0.3, -0.25) is 9.59 Å². The molecule has 1 aromatic carbocycles. The maximum absolute atomic E-state index is 12.3. The molecule has 0 heterocycles. The Hall–Kier alpha value is -2.04. The molecule has 5 heteroatoms. The van der Waals surface area contributed by atoms with Crippen molar-refractivity contribution in [3.05, 3.63) is 29.8 Å². The average molecular weight is 334 g/mol. The van der Waals surface area contributed by atoms with E-state index in [-0.39, 0.29) is 11.8 Å². The van der Waals surface area contributed by atoms with Crippen LogP contribution in [0.25, 0.3) is 0 Å². The number of amides is 2. The number of ether oxygens (including phenoxy) is 1. The number of methoxy groups -OCH3 is 1. The monoisotopic (exact) mass is 334 g/mol. The van der Waals surface area contributed by atoms with Crippen LogP contribution in [0.15, 0.2) is 24.3 Å². The molecular weight excluding hydrogens is 304 g/mol. The fourth-order valence-electron chi connectivity index (χ4n) is 2.24. The molecule has 0 spiro atoms. The standard InChI is InChI=1S/C19H30N2O3/c1-14(2)10-12-20-17(22)19(3,4)18(23)21-13-11-15-8-6-7-9-16(15)24-5/h6-9,14H,10-13H2,1-5H3,(H,20,22)(H,21,23). The minimum atomic E-state index is -1.09. The lowest BCUT2D eigenvalue weighted by Crippen LogP contribution is -2.48. The first-order valence-corrected chi connectivity index (χ1v) is 8.47. The van der Waals surface area contributed by atoms with Gasteiger partial charge in [-0.25, -0.2) is 0 Å². The third kappa shape index (κ3) is 5.87. The van der Waals surface area contributed by atoms with Crippen LogP contribution < -0.4 is 15.4 Å². The Morgan fingerprint density at radius 1 is 1.08 bits per heavy atom. The molecule has 5 nitrogen and oxygen atoms in total. The lowest BCUT2D eigenvalue weighted by Gasteiger charge is -2.23. The highest BCUT2D eigenvalue weighted by Gasteiger charge is 2.35. The van der Waals surface area contributed by atoms with E-state index in [2.05, 4.69) is 24.5 Å². The molecule has 2 N–H and O–H groups in total. The van der Waals surface area contributed by atoms with Crippen molar-refractivity contribution in [2.75, 3.05) is 20.2 Å². The molecular formula is C19H30N2O3. The minimum Gasteiger partial charge on any atom is -0.496 e. The van der Waals surface area contributed by atoms with Crippen molar-refractivity contribution in [3.63, 3.8) is 0 Å². The first-order valence-electron chi connectivity index (χ1n) is 8.47. The van der Waals surface area contributed by atoms with Gasteiger partial charge in [0, 0.05) is 13.1 Å². The van der Waals surface area contributed by atoms with Crippen molar-refractivity contribution in [1.82, 2.24) is 10.6 Å². The number of hydrogen-bond acceptors (Lipinski definition) is 3. The van der Waals surface area contributed by atoms with Crippen molar-refractivity contribution in [2.45, 2.75) is 40.5 Å². The van der Waals surface area contributed by atoms with Crippen LogP contribution in [0.5, 0.6) is 5.75 Å². The first kappa shape index (κ1) is 20.0. The Kier molecular flexibility index (Phi) is 7.75. The Morgan fingerprint density at radius 2 is 1.67 bits per heavy atom. The summed E-state index contributed by atoms with van der Waals surface area (Å²) < 4.78 is 5.30. The number of nitrogens with one attached hydrogen (secondary N) is 2. The first-order chi connectivity index (χ1) is 11.3. The molecule has 0 saturated carbocycles. The van der Waals surface area contributed by atoms with E-state index in [0.29, 0.717) is 25.4 Å². The zero-order chi connectivity index (χ0) is 18.2. The number of carbonyl (C=O) groups excluding carboxylic acids is 2. The summed E-state index contributed by atoms with van der Waals surface area (Å²) in [5, 5.41) is 5.69. The summed E-state index contributed by atoms with van der Waals surface area (Å²) in [6.45, 7) is 8.55. The average Bonchev–Trinajstić information content (AvgIpc) is 2.54. The molecule has 24 heavy (non-hydrogen) atoms. The van der Waals surface area contributed by atoms with Crippen LogP contribution in [0.1, 0.15) is 39.7 Å². The Morgan fingerprint density at radius 3 is 2.25 bits per heavy atom. The van der Waals surface area contributed by atoms with E-state index in [4.69, 9.17) is 4.74 Å². The zero-order valence-corrected chi connectivity index (χ0v) is 15.4. The van der Waals surface area contributed by atoms with Crippen LogP contribution >= 0.6 is 0 Å². The van der Waals surface area contributed by atoms with Gasteiger partial charge in [-0.2, -0.15) is 0 Å². The summed E-state index contributed by atoms with van der Waals surface area (Å²) in [7, 11) is 1.63. The minimum absolute atomic E-state index is 0.238. The summed E-state index contributed by atoms with van der Waals surface area (Å²) in [4.78, 5) is 24.6. The van der Waals surface area contributed by atoms with E-state index in [0.717, 1.165) is 17.7 Å². The molecule has 134 valence electrons. The van der Waals surface area contributed by atoms with Crippen LogP contribution in [0.4, 0.5) is 0 Å². The largest absolute Gasteiger partial charge is 0.496 e. The third-order valence-corrected chi connectivity index (χ3v) is 4.01. The highest BCUT2D eigenvalue weighted by Crippen LogP contribution is 2.18. The molecule has 1 aromatic rings. The third-order valence-electron chi connectivity index (χ3n) is 4.01. The Labute approximate surface area is 145 Å². The van der Waals surface area contributed by atoms with Gasteiger partial charge in [0.15, 0.2) is 0 Å². The molecule has 2 amide bonds. The number of para-hydroxylation sites is 1. The second-order valence-electron chi connectivity index (χ2n) is 6.88. The van der Waals surface area contributed by atoms with E-state index in [1.807, 2.05) is 24.3 Å².